The van der Waals surface area contributed by atoms with E-state index in [9.17, 15) is 14.0 Å². The number of aryl methyl sites for hydroxylation is 1. The smallest absolute Gasteiger partial charge is 0.326 e. The zero-order chi connectivity index (χ0) is 15.0. The summed E-state index contributed by atoms with van der Waals surface area (Å²) in [5, 5.41) is 6.14. The molecule has 2 heterocycles. The molecule has 21 heavy (non-hydrogen) atoms. The van der Waals surface area contributed by atoms with Crippen LogP contribution in [0.2, 0.25) is 0 Å². The highest BCUT2D eigenvalue weighted by molar-refractivity contribution is 5.90. The molecule has 2 aromatic heterocycles. The minimum absolute atomic E-state index is 0.212. The van der Waals surface area contributed by atoms with Crippen molar-refractivity contribution in [3.63, 3.8) is 0 Å². The van der Waals surface area contributed by atoms with Crippen molar-refractivity contribution in [3.05, 3.63) is 46.3 Å². The van der Waals surface area contributed by atoms with Crippen LogP contribution in [-0.4, -0.2) is 20.6 Å². The van der Waals surface area contributed by atoms with Crippen molar-refractivity contribution >= 4 is 22.8 Å². The maximum Gasteiger partial charge on any atom is 0.326 e. The van der Waals surface area contributed by atoms with E-state index in [0.717, 1.165) is 0 Å². The number of H-pyrrole nitrogens is 1. The van der Waals surface area contributed by atoms with Crippen LogP contribution in [0.25, 0.3) is 11.0 Å². The van der Waals surface area contributed by atoms with Crippen LogP contribution in [0.5, 0.6) is 0 Å². The summed E-state index contributed by atoms with van der Waals surface area (Å²) in [6.45, 7) is 1.48. The molecule has 0 radical (unpaired) electrons. The minimum atomic E-state index is -0.484. The third-order valence-corrected chi connectivity index (χ3v) is 2.93. The lowest BCUT2D eigenvalue weighted by Crippen LogP contribution is -2.25. The quantitative estimate of drug-likeness (QED) is 0.762. The van der Waals surface area contributed by atoms with Crippen molar-refractivity contribution in [1.29, 1.82) is 0 Å². The highest BCUT2D eigenvalue weighted by Gasteiger charge is 2.12. The number of aromatic nitrogens is 3. The van der Waals surface area contributed by atoms with Crippen molar-refractivity contribution in [2.24, 2.45) is 0 Å². The van der Waals surface area contributed by atoms with Gasteiger partial charge in [-0.2, -0.15) is 0 Å². The van der Waals surface area contributed by atoms with Gasteiger partial charge in [-0.15, -0.1) is 0 Å². The molecule has 3 rings (SSSR count). The van der Waals surface area contributed by atoms with Gasteiger partial charge in [-0.25, -0.2) is 9.18 Å². The second-order valence-corrected chi connectivity index (χ2v) is 4.55. The summed E-state index contributed by atoms with van der Waals surface area (Å²) in [6.07, 6.45) is 0. The molecule has 0 unspecified atom stereocenters. The van der Waals surface area contributed by atoms with Crippen molar-refractivity contribution in [2.75, 3.05) is 5.32 Å². The second kappa shape index (κ2) is 4.89. The summed E-state index contributed by atoms with van der Waals surface area (Å²) in [6, 6.07) is 5.43. The van der Waals surface area contributed by atoms with Gasteiger partial charge in [-0.05, 0) is 25.1 Å². The van der Waals surface area contributed by atoms with Gasteiger partial charge in [0.2, 0.25) is 5.91 Å². The Morgan fingerprint density at radius 3 is 3.00 bits per heavy atom. The fourth-order valence-corrected chi connectivity index (χ4v) is 2.04. The van der Waals surface area contributed by atoms with Gasteiger partial charge in [0.05, 0.1) is 11.0 Å². The molecule has 0 aliphatic heterocycles. The van der Waals surface area contributed by atoms with Crippen LogP contribution in [0.15, 0.2) is 33.6 Å². The predicted octanol–water partition coefficient (Wildman–Crippen LogP) is 1.40. The molecular formula is C13H11FN4O3. The lowest BCUT2D eigenvalue weighted by atomic mass is 10.3. The molecule has 7 nitrogen and oxygen atoms in total. The van der Waals surface area contributed by atoms with Crippen LogP contribution in [0.3, 0.4) is 0 Å². The maximum atomic E-state index is 13.1. The van der Waals surface area contributed by atoms with Crippen molar-refractivity contribution < 1.29 is 13.7 Å². The number of nitrogens with zero attached hydrogens (tertiary/aromatic N) is 2. The zero-order valence-electron chi connectivity index (χ0n) is 11.0. The number of fused-ring (bicyclic) bond motifs is 1. The number of hydrogen-bond acceptors (Lipinski definition) is 4. The van der Waals surface area contributed by atoms with Gasteiger partial charge in [0.15, 0.2) is 5.82 Å². The first-order valence-corrected chi connectivity index (χ1v) is 6.14. The number of amides is 1. The fourth-order valence-electron chi connectivity index (χ4n) is 2.04. The highest BCUT2D eigenvalue weighted by Crippen LogP contribution is 2.12. The topological polar surface area (TPSA) is 92.9 Å². The Bertz CT molecular complexity index is 877. The number of anilines is 1. The Morgan fingerprint density at radius 2 is 2.29 bits per heavy atom. The molecule has 0 fully saturated rings. The molecule has 3 aromatic rings. The summed E-state index contributed by atoms with van der Waals surface area (Å²) >= 11 is 0. The third kappa shape index (κ3) is 2.55. The van der Waals surface area contributed by atoms with Crippen LogP contribution in [0, 0.1) is 12.7 Å². The lowest BCUT2D eigenvalue weighted by Gasteiger charge is -2.03. The Balaban J connectivity index is 1.86. The second-order valence-electron chi connectivity index (χ2n) is 4.55. The van der Waals surface area contributed by atoms with Crippen molar-refractivity contribution in [3.8, 4) is 0 Å². The first kappa shape index (κ1) is 13.1. The average Bonchev–Trinajstić information content (AvgIpc) is 2.94. The molecule has 1 amide bonds. The lowest BCUT2D eigenvalue weighted by molar-refractivity contribution is -0.116. The van der Waals surface area contributed by atoms with E-state index in [2.05, 4.69) is 15.5 Å². The highest BCUT2D eigenvalue weighted by atomic mass is 19.1. The van der Waals surface area contributed by atoms with Gasteiger partial charge in [-0.1, -0.05) is 5.16 Å². The van der Waals surface area contributed by atoms with E-state index in [4.69, 9.17) is 4.52 Å². The summed E-state index contributed by atoms with van der Waals surface area (Å²) in [4.78, 5) is 26.2. The molecular weight excluding hydrogens is 279 g/mol. The third-order valence-electron chi connectivity index (χ3n) is 2.93. The van der Waals surface area contributed by atoms with E-state index < -0.39 is 17.4 Å². The number of benzene rings is 1. The van der Waals surface area contributed by atoms with Crippen molar-refractivity contribution in [2.45, 2.75) is 13.5 Å². The normalized spacial score (nSPS) is 11.0. The molecule has 2 N–H and O–H groups in total. The summed E-state index contributed by atoms with van der Waals surface area (Å²) in [7, 11) is 0. The molecule has 1 aromatic carbocycles. The molecule has 0 aliphatic carbocycles. The van der Waals surface area contributed by atoms with Gasteiger partial charge in [0, 0.05) is 6.07 Å². The van der Waals surface area contributed by atoms with Crippen molar-refractivity contribution in [1.82, 2.24) is 14.7 Å². The molecule has 0 saturated carbocycles. The summed E-state index contributed by atoms with van der Waals surface area (Å²) in [5.74, 6) is -0.0597. The number of halogens is 1. The van der Waals surface area contributed by atoms with E-state index in [0.29, 0.717) is 16.8 Å². The van der Waals surface area contributed by atoms with Gasteiger partial charge in [0.25, 0.3) is 0 Å². The zero-order valence-corrected chi connectivity index (χ0v) is 11.0. The Kier molecular flexibility index (Phi) is 3.05. The van der Waals surface area contributed by atoms with Gasteiger partial charge in [-0.3, -0.25) is 9.36 Å². The Morgan fingerprint density at radius 1 is 1.48 bits per heavy atom. The predicted molar refractivity (Wildman–Crippen MR) is 72.4 cm³/mol. The number of nitrogens with one attached hydrogen (secondary N) is 2. The molecule has 0 bridgehead atoms. The molecule has 0 atom stereocenters. The van der Waals surface area contributed by atoms with Gasteiger partial charge >= 0.3 is 5.69 Å². The van der Waals surface area contributed by atoms with Crippen LogP contribution in [0.4, 0.5) is 10.2 Å². The average molecular weight is 290 g/mol. The van der Waals surface area contributed by atoms with Gasteiger partial charge in [0.1, 0.15) is 18.1 Å². The Labute approximate surface area is 117 Å². The molecule has 8 heteroatoms. The number of rotatable bonds is 3. The van der Waals surface area contributed by atoms with Crippen LogP contribution >= 0.6 is 0 Å². The van der Waals surface area contributed by atoms with E-state index >= 15 is 0 Å². The fraction of sp³-hybridized carbons (Fsp3) is 0.154. The summed E-state index contributed by atoms with van der Waals surface area (Å²) in [5.41, 5.74) is 0.306. The van der Waals surface area contributed by atoms with E-state index in [1.807, 2.05) is 0 Å². The monoisotopic (exact) mass is 290 g/mol. The minimum Gasteiger partial charge on any atom is -0.360 e. The number of imidazole rings is 1. The van der Waals surface area contributed by atoms with E-state index in [1.165, 1.54) is 22.8 Å². The molecule has 0 spiro atoms. The maximum absolute atomic E-state index is 13.1. The first-order valence-electron chi connectivity index (χ1n) is 6.14. The van der Waals surface area contributed by atoms with E-state index in [1.54, 1.807) is 13.0 Å². The first-order chi connectivity index (χ1) is 10.0. The van der Waals surface area contributed by atoms with Crippen LogP contribution in [0.1, 0.15) is 5.76 Å². The summed E-state index contributed by atoms with van der Waals surface area (Å²) < 4.78 is 19.1. The molecule has 0 saturated heterocycles. The van der Waals surface area contributed by atoms with E-state index in [-0.39, 0.29) is 12.4 Å². The van der Waals surface area contributed by atoms with Crippen LogP contribution in [-0.2, 0) is 11.3 Å². The number of hydrogen-bond donors (Lipinski definition) is 2. The largest absolute Gasteiger partial charge is 0.360 e. The molecule has 108 valence electrons. The number of carbonyl (C=O) groups is 1. The number of carbonyl (C=O) groups excluding carboxylic acids is 1. The standard InChI is InChI=1S/C13H11FN4O3/c1-7-4-11(17-21-7)16-12(19)6-18-10-3-2-8(14)5-9(10)15-13(18)20/h2-5H,6H2,1H3,(H,15,20)(H,16,17,19). The van der Waals surface area contributed by atoms with Gasteiger partial charge < -0.3 is 14.8 Å². The Hall–Kier alpha value is -2.90. The number of aromatic amines is 1. The van der Waals surface area contributed by atoms with Crippen LogP contribution < -0.4 is 11.0 Å². The molecule has 0 aliphatic rings. The SMILES string of the molecule is Cc1cc(NC(=O)Cn2c(=O)[nH]c3cc(F)ccc32)no1.